The number of amides is 1. The van der Waals surface area contributed by atoms with E-state index >= 15 is 0 Å². The molecule has 1 amide bonds. The van der Waals surface area contributed by atoms with E-state index in [1.54, 1.807) is 6.20 Å². The van der Waals surface area contributed by atoms with E-state index in [9.17, 15) is 4.79 Å². The standard InChI is InChI=1S/C16H21N5OS/c1-11-6-2-3-7-12(11)18-14(22)10-23-16-19-15(20-21-16)13-8-4-5-9-17-13/h4-5,8-9,11-12H,2-3,6-7,10H2,1H3,(H,18,22)(H,19,20,21)/t11-,12-/m0/s1. The SMILES string of the molecule is C[C@H]1CCCC[C@@H]1NC(=O)CSc1n[nH]c(-c2ccccn2)n1. The number of nitrogens with zero attached hydrogens (tertiary/aromatic N) is 3. The molecule has 2 N–H and O–H groups in total. The fraction of sp³-hybridized carbons (Fsp3) is 0.500. The lowest BCUT2D eigenvalue weighted by Gasteiger charge is -2.29. The highest BCUT2D eigenvalue weighted by Crippen LogP contribution is 2.24. The van der Waals surface area contributed by atoms with Crippen LogP contribution in [0.4, 0.5) is 0 Å². The van der Waals surface area contributed by atoms with Crippen molar-refractivity contribution < 1.29 is 4.79 Å². The molecule has 0 aromatic carbocycles. The van der Waals surface area contributed by atoms with Crippen molar-refractivity contribution in [2.45, 2.75) is 43.8 Å². The fourth-order valence-electron chi connectivity index (χ4n) is 2.84. The first kappa shape index (κ1) is 16.0. The van der Waals surface area contributed by atoms with Gasteiger partial charge in [0, 0.05) is 12.2 Å². The summed E-state index contributed by atoms with van der Waals surface area (Å²) in [6.45, 7) is 2.21. The van der Waals surface area contributed by atoms with Gasteiger partial charge in [-0.25, -0.2) is 0 Å². The maximum absolute atomic E-state index is 12.1. The van der Waals surface area contributed by atoms with E-state index in [0.29, 0.717) is 28.7 Å². The van der Waals surface area contributed by atoms with Crippen LogP contribution in [-0.2, 0) is 4.79 Å². The summed E-state index contributed by atoms with van der Waals surface area (Å²) in [5, 5.41) is 10.7. The van der Waals surface area contributed by atoms with Crippen molar-refractivity contribution in [3.8, 4) is 11.5 Å². The van der Waals surface area contributed by atoms with E-state index in [2.05, 4.69) is 32.4 Å². The second-order valence-corrected chi connectivity index (χ2v) is 6.85. The molecule has 1 aliphatic rings. The minimum Gasteiger partial charge on any atom is -0.352 e. The van der Waals surface area contributed by atoms with Crippen LogP contribution < -0.4 is 5.32 Å². The number of pyridine rings is 1. The molecule has 2 aromatic rings. The van der Waals surface area contributed by atoms with Crippen LogP contribution in [0.25, 0.3) is 11.5 Å². The quantitative estimate of drug-likeness (QED) is 0.823. The average molecular weight is 331 g/mol. The summed E-state index contributed by atoms with van der Waals surface area (Å²) in [6.07, 6.45) is 6.48. The zero-order valence-electron chi connectivity index (χ0n) is 13.2. The van der Waals surface area contributed by atoms with E-state index in [-0.39, 0.29) is 5.91 Å². The maximum atomic E-state index is 12.1. The van der Waals surface area contributed by atoms with Gasteiger partial charge < -0.3 is 5.32 Å². The highest BCUT2D eigenvalue weighted by atomic mass is 32.2. The summed E-state index contributed by atoms with van der Waals surface area (Å²) in [7, 11) is 0. The van der Waals surface area contributed by atoms with E-state index in [1.807, 2.05) is 18.2 Å². The third-order valence-electron chi connectivity index (χ3n) is 4.16. The second kappa shape index (κ2) is 7.59. The molecule has 1 saturated carbocycles. The number of aromatic amines is 1. The first-order valence-corrected chi connectivity index (χ1v) is 8.97. The van der Waals surface area contributed by atoms with Crippen molar-refractivity contribution in [3.05, 3.63) is 24.4 Å². The van der Waals surface area contributed by atoms with Crippen molar-refractivity contribution in [3.63, 3.8) is 0 Å². The number of hydrogen-bond acceptors (Lipinski definition) is 5. The first-order valence-electron chi connectivity index (χ1n) is 7.98. The Morgan fingerprint density at radius 2 is 2.26 bits per heavy atom. The van der Waals surface area contributed by atoms with Gasteiger partial charge in [0.05, 0.1) is 5.75 Å². The maximum Gasteiger partial charge on any atom is 0.230 e. The number of thioether (sulfide) groups is 1. The van der Waals surface area contributed by atoms with Crippen LogP contribution in [0.15, 0.2) is 29.6 Å². The van der Waals surface area contributed by atoms with Crippen molar-refractivity contribution in [1.29, 1.82) is 0 Å². The zero-order valence-corrected chi connectivity index (χ0v) is 14.0. The lowest BCUT2D eigenvalue weighted by molar-refractivity contribution is -0.119. The molecule has 0 bridgehead atoms. The van der Waals surface area contributed by atoms with Gasteiger partial charge in [0.1, 0.15) is 5.69 Å². The number of carbonyl (C=O) groups excluding carboxylic acids is 1. The molecule has 0 saturated heterocycles. The molecule has 1 fully saturated rings. The molecule has 0 aliphatic heterocycles. The molecule has 2 aromatic heterocycles. The largest absolute Gasteiger partial charge is 0.352 e. The van der Waals surface area contributed by atoms with Gasteiger partial charge in [-0.05, 0) is 30.9 Å². The van der Waals surface area contributed by atoms with Crippen molar-refractivity contribution >= 4 is 17.7 Å². The Bertz CT molecular complexity index is 645. The molecular weight excluding hydrogens is 310 g/mol. The molecule has 1 aliphatic carbocycles. The van der Waals surface area contributed by atoms with Gasteiger partial charge in [0.25, 0.3) is 0 Å². The van der Waals surface area contributed by atoms with Crippen LogP contribution >= 0.6 is 11.8 Å². The Morgan fingerprint density at radius 3 is 3.04 bits per heavy atom. The highest BCUT2D eigenvalue weighted by Gasteiger charge is 2.22. The molecule has 3 rings (SSSR count). The van der Waals surface area contributed by atoms with Crippen LogP contribution in [-0.4, -0.2) is 37.9 Å². The third kappa shape index (κ3) is 4.31. The average Bonchev–Trinajstić information content (AvgIpc) is 3.05. The summed E-state index contributed by atoms with van der Waals surface area (Å²) in [5.74, 6) is 1.58. The Labute approximate surface area is 139 Å². The molecule has 23 heavy (non-hydrogen) atoms. The van der Waals surface area contributed by atoms with Crippen LogP contribution in [0.5, 0.6) is 0 Å². The predicted octanol–water partition coefficient (Wildman–Crippen LogP) is 2.65. The second-order valence-electron chi connectivity index (χ2n) is 5.91. The monoisotopic (exact) mass is 331 g/mol. The molecule has 6 nitrogen and oxygen atoms in total. The molecule has 0 spiro atoms. The molecule has 2 atom stereocenters. The van der Waals surface area contributed by atoms with E-state index in [4.69, 9.17) is 0 Å². The van der Waals surface area contributed by atoms with Gasteiger partial charge in [-0.3, -0.25) is 14.9 Å². The molecule has 2 heterocycles. The lowest BCUT2D eigenvalue weighted by atomic mass is 9.86. The number of H-pyrrole nitrogens is 1. The molecule has 0 unspecified atom stereocenters. The van der Waals surface area contributed by atoms with Crippen LogP contribution in [0.3, 0.4) is 0 Å². The summed E-state index contributed by atoms with van der Waals surface area (Å²) in [5.41, 5.74) is 0.743. The highest BCUT2D eigenvalue weighted by molar-refractivity contribution is 7.99. The van der Waals surface area contributed by atoms with Crippen LogP contribution in [0, 0.1) is 5.92 Å². The van der Waals surface area contributed by atoms with Crippen molar-refractivity contribution in [2.24, 2.45) is 5.92 Å². The van der Waals surface area contributed by atoms with Crippen molar-refractivity contribution in [1.82, 2.24) is 25.5 Å². The smallest absolute Gasteiger partial charge is 0.230 e. The molecular formula is C16H21N5OS. The predicted molar refractivity (Wildman–Crippen MR) is 89.9 cm³/mol. The lowest BCUT2D eigenvalue weighted by Crippen LogP contribution is -2.41. The van der Waals surface area contributed by atoms with Gasteiger partial charge in [-0.2, -0.15) is 4.98 Å². The first-order chi connectivity index (χ1) is 11.2. The molecule has 7 heteroatoms. The van der Waals surface area contributed by atoms with Crippen LogP contribution in [0.1, 0.15) is 32.6 Å². The number of aromatic nitrogens is 4. The Hall–Kier alpha value is -1.89. The molecule has 122 valence electrons. The molecule has 0 radical (unpaired) electrons. The fourth-order valence-corrected chi connectivity index (χ4v) is 3.45. The van der Waals surface area contributed by atoms with Gasteiger partial charge >= 0.3 is 0 Å². The van der Waals surface area contributed by atoms with Gasteiger partial charge in [-0.15, -0.1) is 5.10 Å². The normalized spacial score (nSPS) is 21.1. The summed E-state index contributed by atoms with van der Waals surface area (Å²) >= 11 is 1.34. The Balaban J connectivity index is 1.50. The number of carbonyl (C=O) groups is 1. The summed E-state index contributed by atoms with van der Waals surface area (Å²) in [4.78, 5) is 20.7. The van der Waals surface area contributed by atoms with Gasteiger partial charge in [-0.1, -0.05) is 37.6 Å². The summed E-state index contributed by atoms with van der Waals surface area (Å²) < 4.78 is 0. The number of rotatable bonds is 5. The zero-order chi connectivity index (χ0) is 16.1. The third-order valence-corrected chi connectivity index (χ3v) is 5.01. The number of hydrogen-bond donors (Lipinski definition) is 2. The van der Waals surface area contributed by atoms with Crippen LogP contribution in [0.2, 0.25) is 0 Å². The minimum absolute atomic E-state index is 0.0536. The summed E-state index contributed by atoms with van der Waals surface area (Å²) in [6, 6.07) is 5.93. The van der Waals surface area contributed by atoms with E-state index < -0.39 is 0 Å². The van der Waals surface area contributed by atoms with Gasteiger partial charge in [0.2, 0.25) is 11.1 Å². The number of nitrogens with one attached hydrogen (secondary N) is 2. The van der Waals surface area contributed by atoms with Crippen molar-refractivity contribution in [2.75, 3.05) is 5.75 Å². The topological polar surface area (TPSA) is 83.6 Å². The van der Waals surface area contributed by atoms with E-state index in [0.717, 1.165) is 12.1 Å². The minimum atomic E-state index is 0.0536. The Morgan fingerprint density at radius 1 is 1.39 bits per heavy atom. The Kier molecular flexibility index (Phi) is 5.27. The van der Waals surface area contributed by atoms with Gasteiger partial charge in [0.15, 0.2) is 5.82 Å². The van der Waals surface area contributed by atoms with E-state index in [1.165, 1.54) is 31.0 Å².